The first kappa shape index (κ1) is 18.6. The molecular weight excluding hydrogens is 314 g/mol. The minimum Gasteiger partial charge on any atom is -0.207 e. The molecule has 0 unspecified atom stereocenters. The van der Waals surface area contributed by atoms with E-state index in [2.05, 4.69) is 19.9 Å². The van der Waals surface area contributed by atoms with Gasteiger partial charge in [-0.25, -0.2) is 8.78 Å². The van der Waals surface area contributed by atoms with Gasteiger partial charge in [-0.2, -0.15) is 0 Å². The van der Waals surface area contributed by atoms with Crippen LogP contribution in [0.1, 0.15) is 94.2 Å². The largest absolute Gasteiger partial charge is 0.207 e. The first-order valence-corrected chi connectivity index (χ1v) is 10.3. The molecule has 0 saturated heterocycles. The lowest BCUT2D eigenvalue weighted by Crippen LogP contribution is -2.18. The van der Waals surface area contributed by atoms with Gasteiger partial charge in [0.1, 0.15) is 11.6 Å². The standard InChI is InChI=1S/C23H32F2/c1-3-5-7-16-8-11-18(12-9-16)22-21(24)15-19-14-17(6-4-2)10-13-20(19)23(22)25/h10,15-16,18H,3-9,11-14H2,1-2H3. The minimum absolute atomic E-state index is 0.0733. The Morgan fingerprint density at radius 2 is 1.80 bits per heavy atom. The van der Waals surface area contributed by atoms with Crippen molar-refractivity contribution in [1.82, 2.24) is 0 Å². The van der Waals surface area contributed by atoms with Crippen molar-refractivity contribution in [3.05, 3.63) is 46.0 Å². The molecule has 3 rings (SSSR count). The van der Waals surface area contributed by atoms with Gasteiger partial charge in [-0.15, -0.1) is 0 Å². The molecular formula is C23H32F2. The van der Waals surface area contributed by atoms with Crippen molar-refractivity contribution in [3.8, 4) is 0 Å². The SMILES string of the molecule is CCCCC1CCC(c2c(F)cc3c(c2F)CC=C(CCC)C3)CC1. The number of fused-ring (bicyclic) bond motifs is 1. The Balaban J connectivity index is 1.75. The minimum atomic E-state index is -0.300. The van der Waals surface area contributed by atoms with Crippen molar-refractivity contribution in [2.45, 2.75) is 90.4 Å². The number of allylic oxidation sites excluding steroid dienone is 2. The molecule has 2 aliphatic carbocycles. The number of benzene rings is 1. The van der Waals surface area contributed by atoms with Gasteiger partial charge in [0, 0.05) is 5.56 Å². The van der Waals surface area contributed by atoms with Crippen LogP contribution in [0.25, 0.3) is 0 Å². The summed E-state index contributed by atoms with van der Waals surface area (Å²) in [4.78, 5) is 0. The van der Waals surface area contributed by atoms with Crippen LogP contribution in [0.15, 0.2) is 17.7 Å². The first-order valence-electron chi connectivity index (χ1n) is 10.3. The number of hydrogen-bond donors (Lipinski definition) is 0. The third-order valence-electron chi connectivity index (χ3n) is 6.25. The summed E-state index contributed by atoms with van der Waals surface area (Å²) in [5, 5.41) is 0. The maximum absolute atomic E-state index is 15.1. The maximum Gasteiger partial charge on any atom is 0.133 e. The number of unbranched alkanes of at least 4 members (excludes halogenated alkanes) is 1. The van der Waals surface area contributed by atoms with E-state index in [0.717, 1.165) is 62.0 Å². The molecule has 1 aromatic carbocycles. The third-order valence-corrected chi connectivity index (χ3v) is 6.25. The summed E-state index contributed by atoms with van der Waals surface area (Å²) in [6.45, 7) is 4.38. The van der Waals surface area contributed by atoms with E-state index >= 15 is 4.39 Å². The monoisotopic (exact) mass is 346 g/mol. The van der Waals surface area contributed by atoms with Crippen molar-refractivity contribution in [1.29, 1.82) is 0 Å². The molecule has 1 fully saturated rings. The first-order chi connectivity index (χ1) is 12.1. The van der Waals surface area contributed by atoms with Gasteiger partial charge in [0.2, 0.25) is 0 Å². The highest BCUT2D eigenvalue weighted by Gasteiger charge is 2.29. The highest BCUT2D eigenvalue weighted by molar-refractivity contribution is 5.43. The lowest BCUT2D eigenvalue weighted by atomic mass is 9.75. The fourth-order valence-electron chi connectivity index (χ4n) is 4.79. The van der Waals surface area contributed by atoms with E-state index in [1.165, 1.54) is 24.8 Å². The summed E-state index contributed by atoms with van der Waals surface area (Å²) in [7, 11) is 0. The Hall–Kier alpha value is -1.18. The second-order valence-electron chi connectivity index (χ2n) is 8.08. The normalized spacial score (nSPS) is 23.3. The fourth-order valence-corrected chi connectivity index (χ4v) is 4.79. The Bertz CT molecular complexity index is 621. The van der Waals surface area contributed by atoms with Gasteiger partial charge < -0.3 is 0 Å². The topological polar surface area (TPSA) is 0 Å². The Labute approximate surface area is 151 Å². The average Bonchev–Trinajstić information content (AvgIpc) is 2.61. The van der Waals surface area contributed by atoms with Gasteiger partial charge in [-0.3, -0.25) is 0 Å². The quantitative estimate of drug-likeness (QED) is 0.476. The molecule has 2 aliphatic rings. The van der Waals surface area contributed by atoms with Gasteiger partial charge >= 0.3 is 0 Å². The molecule has 1 saturated carbocycles. The third kappa shape index (κ3) is 4.15. The van der Waals surface area contributed by atoms with Gasteiger partial charge in [-0.1, -0.05) is 51.2 Å². The van der Waals surface area contributed by atoms with Crippen molar-refractivity contribution in [2.24, 2.45) is 5.92 Å². The second kappa shape index (κ2) is 8.47. The van der Waals surface area contributed by atoms with E-state index in [9.17, 15) is 4.39 Å². The predicted molar refractivity (Wildman–Crippen MR) is 101 cm³/mol. The molecule has 0 amide bonds. The van der Waals surface area contributed by atoms with Crippen LogP contribution in [0.3, 0.4) is 0 Å². The molecule has 0 spiro atoms. The Kier molecular flexibility index (Phi) is 6.30. The van der Waals surface area contributed by atoms with Crippen molar-refractivity contribution in [2.75, 3.05) is 0 Å². The zero-order chi connectivity index (χ0) is 17.8. The second-order valence-corrected chi connectivity index (χ2v) is 8.08. The van der Waals surface area contributed by atoms with Crippen LogP contribution in [-0.4, -0.2) is 0 Å². The molecule has 138 valence electrons. The van der Waals surface area contributed by atoms with Gasteiger partial charge in [0.05, 0.1) is 0 Å². The number of rotatable bonds is 6. The van der Waals surface area contributed by atoms with Crippen LogP contribution in [0, 0.1) is 17.6 Å². The van der Waals surface area contributed by atoms with E-state index in [1.54, 1.807) is 6.07 Å². The highest BCUT2D eigenvalue weighted by atomic mass is 19.1. The van der Waals surface area contributed by atoms with Crippen LogP contribution in [-0.2, 0) is 12.8 Å². The highest BCUT2D eigenvalue weighted by Crippen LogP contribution is 2.41. The van der Waals surface area contributed by atoms with Crippen LogP contribution < -0.4 is 0 Å². The molecule has 1 aromatic rings. The molecule has 0 aromatic heterocycles. The van der Waals surface area contributed by atoms with Gasteiger partial charge in [0.25, 0.3) is 0 Å². The van der Waals surface area contributed by atoms with E-state index < -0.39 is 0 Å². The molecule has 0 aliphatic heterocycles. The van der Waals surface area contributed by atoms with Gasteiger partial charge in [0.15, 0.2) is 0 Å². The maximum atomic E-state index is 15.1. The molecule has 25 heavy (non-hydrogen) atoms. The van der Waals surface area contributed by atoms with E-state index in [-0.39, 0.29) is 17.6 Å². The lowest BCUT2D eigenvalue weighted by Gasteiger charge is -2.30. The van der Waals surface area contributed by atoms with Crippen LogP contribution >= 0.6 is 0 Å². The zero-order valence-corrected chi connectivity index (χ0v) is 15.8. The van der Waals surface area contributed by atoms with E-state index in [0.29, 0.717) is 12.0 Å². The Morgan fingerprint density at radius 3 is 2.48 bits per heavy atom. The Morgan fingerprint density at radius 1 is 1.04 bits per heavy atom. The van der Waals surface area contributed by atoms with Gasteiger partial charge in [-0.05, 0) is 74.0 Å². The molecule has 0 bridgehead atoms. The molecule has 0 atom stereocenters. The molecule has 0 heterocycles. The molecule has 0 radical (unpaired) electrons. The van der Waals surface area contributed by atoms with Crippen molar-refractivity contribution < 1.29 is 8.78 Å². The van der Waals surface area contributed by atoms with Crippen molar-refractivity contribution >= 4 is 0 Å². The summed E-state index contributed by atoms with van der Waals surface area (Å²) in [6, 6.07) is 1.64. The molecule has 0 N–H and O–H groups in total. The lowest BCUT2D eigenvalue weighted by molar-refractivity contribution is 0.296. The summed E-state index contributed by atoms with van der Waals surface area (Å²) in [6.07, 6.45) is 13.6. The van der Waals surface area contributed by atoms with E-state index in [1.807, 2.05) is 0 Å². The smallest absolute Gasteiger partial charge is 0.133 e. The summed E-state index contributed by atoms with van der Waals surface area (Å²) in [5.74, 6) is 0.300. The number of hydrogen-bond acceptors (Lipinski definition) is 0. The van der Waals surface area contributed by atoms with E-state index in [4.69, 9.17) is 0 Å². The molecule has 0 nitrogen and oxygen atoms in total. The average molecular weight is 347 g/mol. The van der Waals surface area contributed by atoms with Crippen LogP contribution in [0.4, 0.5) is 8.78 Å². The fraction of sp³-hybridized carbons (Fsp3) is 0.652. The van der Waals surface area contributed by atoms with Crippen molar-refractivity contribution in [3.63, 3.8) is 0 Å². The summed E-state index contributed by atoms with van der Waals surface area (Å²) >= 11 is 0. The predicted octanol–water partition coefficient (Wildman–Crippen LogP) is 7.25. The summed E-state index contributed by atoms with van der Waals surface area (Å²) in [5.41, 5.74) is 3.35. The van der Waals surface area contributed by atoms with Crippen LogP contribution in [0.5, 0.6) is 0 Å². The zero-order valence-electron chi connectivity index (χ0n) is 15.8. The van der Waals surface area contributed by atoms with Crippen LogP contribution in [0.2, 0.25) is 0 Å². The molecule has 2 heteroatoms. The summed E-state index contributed by atoms with van der Waals surface area (Å²) < 4.78 is 29.9. The number of halogens is 2.